The Morgan fingerprint density at radius 1 is 1.37 bits per heavy atom. The molecule has 1 aliphatic heterocycles. The van der Waals surface area contributed by atoms with Crippen LogP contribution >= 0.6 is 0 Å². The lowest BCUT2D eigenvalue weighted by atomic mass is 10.1. The largest absolute Gasteiger partial charge is 0.380 e. The van der Waals surface area contributed by atoms with Gasteiger partial charge in [0, 0.05) is 33.4 Å². The first-order valence-electron chi connectivity index (χ1n) is 7.19. The third-order valence-electron chi connectivity index (χ3n) is 3.46. The smallest absolute Gasteiger partial charge is 0.225 e. The molecule has 1 heterocycles. The molecule has 0 aromatic carbocycles. The Bertz CT molecular complexity index is 259. The molecule has 1 aliphatic rings. The Kier molecular flexibility index (Phi) is 7.34. The number of amides is 1. The van der Waals surface area contributed by atoms with Gasteiger partial charge in [-0.15, -0.1) is 0 Å². The van der Waals surface area contributed by atoms with Crippen molar-refractivity contribution in [2.45, 2.75) is 45.3 Å². The highest BCUT2D eigenvalue weighted by molar-refractivity contribution is 5.76. The highest BCUT2D eigenvalue weighted by Gasteiger charge is 2.24. The summed E-state index contributed by atoms with van der Waals surface area (Å²) in [6.07, 6.45) is 2.38. The Hall–Kier alpha value is -0.650. The molecular weight excluding hydrogens is 244 g/mol. The average Bonchev–Trinajstić information content (AvgIpc) is 2.42. The van der Waals surface area contributed by atoms with Gasteiger partial charge in [-0.25, -0.2) is 0 Å². The van der Waals surface area contributed by atoms with Gasteiger partial charge >= 0.3 is 0 Å². The lowest BCUT2D eigenvalue weighted by Gasteiger charge is -2.33. The van der Waals surface area contributed by atoms with Crippen molar-refractivity contribution < 1.29 is 14.3 Å². The number of nitrogens with zero attached hydrogens (tertiary/aromatic N) is 1. The minimum absolute atomic E-state index is 0.139. The van der Waals surface area contributed by atoms with E-state index in [2.05, 4.69) is 13.8 Å². The lowest BCUT2D eigenvalue weighted by molar-refractivity contribution is -0.136. The van der Waals surface area contributed by atoms with Crippen LogP contribution in [0.25, 0.3) is 0 Å². The number of nitrogens with two attached hydrogens (primary N) is 1. The highest BCUT2D eigenvalue weighted by atomic mass is 16.5. The molecule has 0 spiro atoms. The number of piperidine rings is 1. The predicted octanol–water partition coefficient (Wildman–Crippen LogP) is 1.01. The van der Waals surface area contributed by atoms with Gasteiger partial charge in [-0.05, 0) is 18.8 Å². The third kappa shape index (κ3) is 5.89. The topological polar surface area (TPSA) is 64.8 Å². The number of carbonyl (C=O) groups excluding carboxylic acids is 1. The molecule has 1 amide bonds. The van der Waals surface area contributed by atoms with Crippen LogP contribution in [-0.4, -0.2) is 56.4 Å². The molecule has 5 heteroatoms. The molecular formula is C14H28N2O3. The fraction of sp³-hybridized carbons (Fsp3) is 0.929. The van der Waals surface area contributed by atoms with E-state index in [4.69, 9.17) is 15.2 Å². The van der Waals surface area contributed by atoms with E-state index in [9.17, 15) is 4.79 Å². The number of methoxy groups -OCH3 is 1. The van der Waals surface area contributed by atoms with Crippen LogP contribution in [0.3, 0.4) is 0 Å². The normalized spacial score (nSPS) is 18.9. The van der Waals surface area contributed by atoms with Crippen LogP contribution < -0.4 is 5.73 Å². The predicted molar refractivity (Wildman–Crippen MR) is 74.9 cm³/mol. The lowest BCUT2D eigenvalue weighted by Crippen LogP contribution is -2.43. The van der Waals surface area contributed by atoms with Crippen LogP contribution in [-0.2, 0) is 14.3 Å². The number of hydrogen-bond acceptors (Lipinski definition) is 4. The summed E-state index contributed by atoms with van der Waals surface area (Å²) in [5.74, 6) is 0.700. The summed E-state index contributed by atoms with van der Waals surface area (Å²) < 4.78 is 11.0. The maximum absolute atomic E-state index is 12.0. The van der Waals surface area contributed by atoms with Crippen LogP contribution in [0, 0.1) is 5.92 Å². The van der Waals surface area contributed by atoms with Crippen molar-refractivity contribution in [1.82, 2.24) is 4.90 Å². The molecule has 19 heavy (non-hydrogen) atoms. The van der Waals surface area contributed by atoms with Crippen molar-refractivity contribution in [1.29, 1.82) is 0 Å². The summed E-state index contributed by atoms with van der Waals surface area (Å²) in [4.78, 5) is 13.9. The molecule has 0 saturated carbocycles. The first-order chi connectivity index (χ1) is 9.06. The second kappa shape index (κ2) is 8.51. The van der Waals surface area contributed by atoms with Gasteiger partial charge < -0.3 is 20.1 Å². The molecule has 0 aromatic rings. The van der Waals surface area contributed by atoms with Crippen LogP contribution in [0.5, 0.6) is 0 Å². The zero-order valence-electron chi connectivity index (χ0n) is 12.4. The molecule has 1 rings (SSSR count). The first-order valence-corrected chi connectivity index (χ1v) is 7.19. The summed E-state index contributed by atoms with van der Waals surface area (Å²) in [5.41, 5.74) is 5.54. The molecule has 1 fully saturated rings. The van der Waals surface area contributed by atoms with E-state index in [1.54, 1.807) is 7.11 Å². The zero-order chi connectivity index (χ0) is 14.3. The van der Waals surface area contributed by atoms with E-state index in [1.165, 1.54) is 0 Å². The fourth-order valence-electron chi connectivity index (χ4n) is 2.19. The van der Waals surface area contributed by atoms with Crippen molar-refractivity contribution in [2.24, 2.45) is 11.7 Å². The second-order valence-electron chi connectivity index (χ2n) is 5.60. The first kappa shape index (κ1) is 16.4. The minimum atomic E-state index is -0.164. The molecule has 1 unspecified atom stereocenters. The monoisotopic (exact) mass is 272 g/mol. The van der Waals surface area contributed by atoms with Crippen molar-refractivity contribution in [3.05, 3.63) is 0 Å². The van der Waals surface area contributed by atoms with Gasteiger partial charge in [0.1, 0.15) is 0 Å². The van der Waals surface area contributed by atoms with Crippen molar-refractivity contribution >= 4 is 5.91 Å². The van der Waals surface area contributed by atoms with Gasteiger partial charge in [-0.3, -0.25) is 4.79 Å². The Balaban J connectivity index is 2.27. The number of likely N-dealkylation sites (tertiary alicyclic amines) is 1. The SMILES string of the molecule is COC(CN)CC(=O)N1CCC(OCC(C)C)CC1. The van der Waals surface area contributed by atoms with Crippen LogP contribution in [0.15, 0.2) is 0 Å². The number of ether oxygens (including phenoxy) is 2. The molecule has 112 valence electrons. The number of carbonyl (C=O) groups is 1. The summed E-state index contributed by atoms with van der Waals surface area (Å²) >= 11 is 0. The molecule has 0 aliphatic carbocycles. The van der Waals surface area contributed by atoms with Crippen molar-refractivity contribution in [3.8, 4) is 0 Å². The molecule has 0 aromatic heterocycles. The van der Waals surface area contributed by atoms with Crippen molar-refractivity contribution in [3.63, 3.8) is 0 Å². The zero-order valence-corrected chi connectivity index (χ0v) is 12.4. The highest BCUT2D eigenvalue weighted by Crippen LogP contribution is 2.16. The maximum Gasteiger partial charge on any atom is 0.225 e. The van der Waals surface area contributed by atoms with Crippen LogP contribution in [0.2, 0.25) is 0 Å². The van der Waals surface area contributed by atoms with E-state index < -0.39 is 0 Å². The minimum Gasteiger partial charge on any atom is -0.380 e. The van der Waals surface area contributed by atoms with Gasteiger partial charge in [0.05, 0.1) is 18.6 Å². The molecule has 1 atom stereocenters. The van der Waals surface area contributed by atoms with E-state index >= 15 is 0 Å². The molecule has 5 nitrogen and oxygen atoms in total. The van der Waals surface area contributed by atoms with Crippen LogP contribution in [0.1, 0.15) is 33.1 Å². The van der Waals surface area contributed by atoms with Gasteiger partial charge in [-0.2, -0.15) is 0 Å². The van der Waals surface area contributed by atoms with E-state index in [1.807, 2.05) is 4.90 Å². The van der Waals surface area contributed by atoms with E-state index in [0.717, 1.165) is 32.5 Å². The third-order valence-corrected chi connectivity index (χ3v) is 3.46. The van der Waals surface area contributed by atoms with Gasteiger partial charge in [0.25, 0.3) is 0 Å². The molecule has 0 bridgehead atoms. The summed E-state index contributed by atoms with van der Waals surface area (Å²) in [6.45, 7) is 7.05. The van der Waals surface area contributed by atoms with E-state index in [-0.39, 0.29) is 12.0 Å². The quantitative estimate of drug-likeness (QED) is 0.751. The van der Waals surface area contributed by atoms with E-state index in [0.29, 0.717) is 25.0 Å². The van der Waals surface area contributed by atoms with Gasteiger partial charge in [0.2, 0.25) is 5.91 Å². The number of hydrogen-bond donors (Lipinski definition) is 1. The Morgan fingerprint density at radius 2 is 2.00 bits per heavy atom. The molecule has 0 radical (unpaired) electrons. The van der Waals surface area contributed by atoms with Crippen LogP contribution in [0.4, 0.5) is 0 Å². The van der Waals surface area contributed by atoms with Gasteiger partial charge in [-0.1, -0.05) is 13.8 Å². The summed E-state index contributed by atoms with van der Waals surface area (Å²) in [6, 6.07) is 0. The van der Waals surface area contributed by atoms with Gasteiger partial charge in [0.15, 0.2) is 0 Å². The Morgan fingerprint density at radius 3 is 2.47 bits per heavy atom. The fourth-order valence-corrected chi connectivity index (χ4v) is 2.19. The summed E-state index contributed by atoms with van der Waals surface area (Å²) in [7, 11) is 1.59. The maximum atomic E-state index is 12.0. The second-order valence-corrected chi connectivity index (χ2v) is 5.60. The average molecular weight is 272 g/mol. The van der Waals surface area contributed by atoms with Crippen molar-refractivity contribution in [2.75, 3.05) is 33.4 Å². The standard InChI is InChI=1S/C14H28N2O3/c1-11(2)10-19-12-4-6-16(7-5-12)14(17)8-13(9-15)18-3/h11-13H,4-10,15H2,1-3H3. The summed E-state index contributed by atoms with van der Waals surface area (Å²) in [5, 5.41) is 0. The Labute approximate surface area is 116 Å². The number of rotatable bonds is 7. The molecule has 2 N–H and O–H groups in total. The molecule has 1 saturated heterocycles.